The van der Waals surface area contributed by atoms with Crippen molar-refractivity contribution in [2.24, 2.45) is 0 Å². The summed E-state index contributed by atoms with van der Waals surface area (Å²) in [5.41, 5.74) is 0. The van der Waals surface area contributed by atoms with Gasteiger partial charge in [-0.25, -0.2) is 4.79 Å². The van der Waals surface area contributed by atoms with E-state index in [1.54, 1.807) is 6.07 Å². The van der Waals surface area contributed by atoms with Gasteiger partial charge in [-0.1, -0.05) is 25.9 Å². The van der Waals surface area contributed by atoms with Crippen LogP contribution in [-0.2, 0) is 13.0 Å². The second-order valence-corrected chi connectivity index (χ2v) is 6.03. The van der Waals surface area contributed by atoms with Crippen LogP contribution in [0, 0.1) is 0 Å². The molecule has 0 saturated carbocycles. The lowest BCUT2D eigenvalue weighted by molar-refractivity contribution is 0.0697. The molecule has 0 aliphatic carbocycles. The average molecular weight is 310 g/mol. The number of aryl methyl sites for hydroxylation is 1. The van der Waals surface area contributed by atoms with E-state index >= 15 is 0 Å². The minimum atomic E-state index is -0.985. The zero-order valence-electron chi connectivity index (χ0n) is 12.3. The Morgan fingerprint density at radius 3 is 2.90 bits per heavy atom. The van der Waals surface area contributed by atoms with Gasteiger partial charge in [0.05, 0.1) is 0 Å². The van der Waals surface area contributed by atoms with Crippen LogP contribution in [0.15, 0.2) is 10.6 Å². The van der Waals surface area contributed by atoms with Crippen molar-refractivity contribution in [3.8, 4) is 5.75 Å². The van der Waals surface area contributed by atoms with E-state index in [1.165, 1.54) is 11.3 Å². The summed E-state index contributed by atoms with van der Waals surface area (Å²) in [4.78, 5) is 16.6. The van der Waals surface area contributed by atoms with Gasteiger partial charge < -0.3 is 14.4 Å². The van der Waals surface area contributed by atoms with Gasteiger partial charge in [-0.15, -0.1) is 11.3 Å². The Kier molecular flexibility index (Phi) is 4.95. The second kappa shape index (κ2) is 6.71. The Bertz CT molecular complexity index is 618. The topological polar surface area (TPSA) is 85.5 Å². The van der Waals surface area contributed by atoms with E-state index in [-0.39, 0.29) is 17.4 Å². The number of carboxylic acids is 1. The normalized spacial score (nSPS) is 11.0. The molecule has 0 radical (unpaired) electrons. The Labute approximate surface area is 126 Å². The number of carbonyl (C=O) groups is 1. The van der Waals surface area contributed by atoms with Gasteiger partial charge in [-0.2, -0.15) is 4.98 Å². The third-order valence-corrected chi connectivity index (χ3v) is 4.22. The molecular weight excluding hydrogens is 292 g/mol. The molecule has 0 atom stereocenters. The van der Waals surface area contributed by atoms with E-state index in [2.05, 4.69) is 10.1 Å². The fourth-order valence-electron chi connectivity index (χ4n) is 1.74. The first kappa shape index (κ1) is 15.5. The van der Waals surface area contributed by atoms with Crippen molar-refractivity contribution >= 4 is 17.3 Å². The Morgan fingerprint density at radius 1 is 1.52 bits per heavy atom. The Balaban J connectivity index is 2.09. The summed E-state index contributed by atoms with van der Waals surface area (Å²) in [6.45, 7) is 6.15. The maximum atomic E-state index is 11.2. The molecule has 21 heavy (non-hydrogen) atoms. The fourth-order valence-corrected chi connectivity index (χ4v) is 2.68. The summed E-state index contributed by atoms with van der Waals surface area (Å²) in [6, 6.07) is 1.77. The van der Waals surface area contributed by atoms with E-state index in [0.717, 1.165) is 17.7 Å². The van der Waals surface area contributed by atoms with Crippen molar-refractivity contribution in [1.82, 2.24) is 10.1 Å². The average Bonchev–Trinajstić information content (AvgIpc) is 3.03. The lowest BCUT2D eigenvalue weighted by Gasteiger charge is -2.01. The minimum absolute atomic E-state index is 0.0990. The smallest absolute Gasteiger partial charge is 0.349 e. The number of thiophene rings is 1. The van der Waals surface area contributed by atoms with Crippen molar-refractivity contribution in [2.75, 3.05) is 0 Å². The number of carboxylic acid groups (broad SMARTS) is 1. The van der Waals surface area contributed by atoms with Crippen molar-refractivity contribution < 1.29 is 19.2 Å². The van der Waals surface area contributed by atoms with Gasteiger partial charge in [0.1, 0.15) is 5.75 Å². The van der Waals surface area contributed by atoms with E-state index < -0.39 is 5.97 Å². The molecule has 0 saturated heterocycles. The number of ether oxygens (including phenoxy) is 1. The summed E-state index contributed by atoms with van der Waals surface area (Å²) in [5.74, 6) is 0.626. The van der Waals surface area contributed by atoms with Crippen molar-refractivity contribution in [2.45, 2.75) is 46.1 Å². The largest absolute Gasteiger partial charge is 0.484 e. The van der Waals surface area contributed by atoms with Crippen molar-refractivity contribution in [3.63, 3.8) is 0 Å². The lowest BCUT2D eigenvalue weighted by atomic mass is 10.2. The summed E-state index contributed by atoms with van der Waals surface area (Å²) in [6.07, 6.45) is 1.65. The summed E-state index contributed by atoms with van der Waals surface area (Å²) < 4.78 is 10.6. The van der Waals surface area contributed by atoms with Crippen LogP contribution < -0.4 is 4.74 Å². The second-order valence-electron chi connectivity index (χ2n) is 4.95. The van der Waals surface area contributed by atoms with E-state index in [0.29, 0.717) is 17.5 Å². The van der Waals surface area contributed by atoms with Crippen LogP contribution in [0.5, 0.6) is 5.75 Å². The summed E-state index contributed by atoms with van der Waals surface area (Å²) in [7, 11) is 0. The molecule has 0 fully saturated rings. The zero-order chi connectivity index (χ0) is 15.4. The van der Waals surface area contributed by atoms with Crippen LogP contribution in [0.3, 0.4) is 0 Å². The first-order valence-corrected chi connectivity index (χ1v) is 7.64. The predicted octanol–water partition coefficient (Wildman–Crippen LogP) is 3.48. The van der Waals surface area contributed by atoms with E-state index in [9.17, 15) is 9.90 Å². The fraction of sp³-hybridized carbons (Fsp3) is 0.500. The van der Waals surface area contributed by atoms with Gasteiger partial charge >= 0.3 is 5.97 Å². The molecule has 0 aliphatic rings. The first-order chi connectivity index (χ1) is 10.0. The maximum absolute atomic E-state index is 11.2. The van der Waals surface area contributed by atoms with Gasteiger partial charge in [0, 0.05) is 11.3 Å². The molecule has 7 heteroatoms. The highest BCUT2D eigenvalue weighted by Crippen LogP contribution is 2.34. The molecule has 2 rings (SSSR count). The SMILES string of the molecule is CCCc1nc(COc2cc(C(C)C)sc2C(=O)O)no1. The van der Waals surface area contributed by atoms with Crippen LogP contribution in [0.4, 0.5) is 0 Å². The minimum Gasteiger partial charge on any atom is -0.484 e. The number of hydrogen-bond donors (Lipinski definition) is 1. The lowest BCUT2D eigenvalue weighted by Crippen LogP contribution is -2.01. The third kappa shape index (κ3) is 3.81. The molecule has 2 aromatic heterocycles. The van der Waals surface area contributed by atoms with Crippen molar-refractivity contribution in [3.05, 3.63) is 27.5 Å². The van der Waals surface area contributed by atoms with Gasteiger partial charge in [0.2, 0.25) is 11.7 Å². The van der Waals surface area contributed by atoms with Crippen LogP contribution >= 0.6 is 11.3 Å². The molecule has 0 aliphatic heterocycles. The third-order valence-electron chi connectivity index (χ3n) is 2.81. The number of aromatic nitrogens is 2. The predicted molar refractivity (Wildman–Crippen MR) is 78.0 cm³/mol. The van der Waals surface area contributed by atoms with Gasteiger partial charge in [-0.3, -0.25) is 0 Å². The van der Waals surface area contributed by atoms with Gasteiger partial charge in [0.15, 0.2) is 11.5 Å². The van der Waals surface area contributed by atoms with E-state index in [4.69, 9.17) is 9.26 Å². The Morgan fingerprint density at radius 2 is 2.29 bits per heavy atom. The molecule has 0 amide bonds. The highest BCUT2D eigenvalue weighted by molar-refractivity contribution is 7.14. The molecule has 0 spiro atoms. The summed E-state index contributed by atoms with van der Waals surface area (Å²) in [5, 5.41) is 13.0. The molecule has 2 heterocycles. The molecule has 0 unspecified atom stereocenters. The maximum Gasteiger partial charge on any atom is 0.349 e. The molecule has 0 bridgehead atoms. The first-order valence-electron chi connectivity index (χ1n) is 6.82. The molecule has 114 valence electrons. The van der Waals surface area contributed by atoms with Gasteiger partial charge in [0.25, 0.3) is 0 Å². The number of hydrogen-bond acceptors (Lipinski definition) is 6. The molecule has 0 aromatic carbocycles. The number of rotatable bonds is 7. The molecule has 2 aromatic rings. The van der Waals surface area contributed by atoms with Crippen LogP contribution in [0.1, 0.15) is 59.4 Å². The Hall–Kier alpha value is -1.89. The quantitative estimate of drug-likeness (QED) is 0.842. The number of nitrogens with zero attached hydrogens (tertiary/aromatic N) is 2. The van der Waals surface area contributed by atoms with Crippen LogP contribution in [0.2, 0.25) is 0 Å². The zero-order valence-corrected chi connectivity index (χ0v) is 13.1. The van der Waals surface area contributed by atoms with Gasteiger partial charge in [-0.05, 0) is 18.4 Å². The van der Waals surface area contributed by atoms with Crippen LogP contribution in [-0.4, -0.2) is 21.2 Å². The number of aromatic carboxylic acids is 1. The van der Waals surface area contributed by atoms with Crippen molar-refractivity contribution in [1.29, 1.82) is 0 Å². The molecule has 1 N–H and O–H groups in total. The highest BCUT2D eigenvalue weighted by Gasteiger charge is 2.19. The highest BCUT2D eigenvalue weighted by atomic mass is 32.1. The molecule has 6 nitrogen and oxygen atoms in total. The van der Waals surface area contributed by atoms with Crippen LogP contribution in [0.25, 0.3) is 0 Å². The summed E-state index contributed by atoms with van der Waals surface area (Å²) >= 11 is 1.24. The monoisotopic (exact) mass is 310 g/mol. The van der Waals surface area contributed by atoms with E-state index in [1.807, 2.05) is 20.8 Å². The molecular formula is C14H18N2O4S. The standard InChI is InChI=1S/C14H18N2O4S/c1-4-5-12-15-11(16-20-12)7-19-9-6-10(8(2)3)21-13(9)14(17)18/h6,8H,4-5,7H2,1-3H3,(H,17,18).